The van der Waals surface area contributed by atoms with Gasteiger partial charge in [0, 0.05) is 12.7 Å². The van der Waals surface area contributed by atoms with Crippen molar-refractivity contribution in [3.05, 3.63) is 17.8 Å². The fourth-order valence-corrected chi connectivity index (χ4v) is 3.14. The van der Waals surface area contributed by atoms with Crippen LogP contribution in [0, 0.1) is 5.92 Å². The van der Waals surface area contributed by atoms with E-state index in [0.717, 1.165) is 6.54 Å². The Kier molecular flexibility index (Phi) is 4.30. The molecule has 0 amide bonds. The monoisotopic (exact) mass is 267 g/mol. The number of pyridine rings is 1. The molecule has 0 radical (unpaired) electrons. The molecule has 5 nitrogen and oxygen atoms in total. The van der Waals surface area contributed by atoms with E-state index in [4.69, 9.17) is 10.8 Å². The van der Waals surface area contributed by atoms with E-state index in [1.165, 1.54) is 36.6 Å². The van der Waals surface area contributed by atoms with Gasteiger partial charge >= 0.3 is 5.97 Å². The molecule has 2 heterocycles. The maximum atomic E-state index is 10.8. The normalized spacial score (nSPS) is 16.4. The molecule has 1 aliphatic rings. The lowest BCUT2D eigenvalue weighted by Crippen LogP contribution is -2.20. The lowest BCUT2D eigenvalue weighted by Gasteiger charge is -2.22. The largest absolute Gasteiger partial charge is 0.478 e. The van der Waals surface area contributed by atoms with Crippen molar-refractivity contribution in [2.24, 2.45) is 5.92 Å². The number of aromatic carboxylic acids is 1. The minimum atomic E-state index is -1.01. The molecule has 0 atom stereocenters. The summed E-state index contributed by atoms with van der Waals surface area (Å²) in [5.74, 6) is 2.66. The Labute approximate surface area is 110 Å². The van der Waals surface area contributed by atoms with Gasteiger partial charge in [-0.05, 0) is 36.3 Å². The maximum Gasteiger partial charge on any atom is 0.337 e. The first-order chi connectivity index (χ1) is 8.66. The van der Waals surface area contributed by atoms with Crippen LogP contribution in [0.3, 0.4) is 0 Å². The summed E-state index contributed by atoms with van der Waals surface area (Å²) >= 11 is 2.00. The zero-order valence-corrected chi connectivity index (χ0v) is 10.9. The van der Waals surface area contributed by atoms with Gasteiger partial charge in [0.25, 0.3) is 0 Å². The summed E-state index contributed by atoms with van der Waals surface area (Å²) in [7, 11) is 0. The Bertz CT molecular complexity index is 433. The van der Waals surface area contributed by atoms with Gasteiger partial charge in [-0.3, -0.25) is 0 Å². The number of anilines is 2. The first-order valence-electron chi connectivity index (χ1n) is 5.97. The highest BCUT2D eigenvalue weighted by atomic mass is 32.2. The van der Waals surface area contributed by atoms with E-state index < -0.39 is 5.97 Å². The Hall–Kier alpha value is -1.43. The highest BCUT2D eigenvalue weighted by molar-refractivity contribution is 7.99. The SMILES string of the molecule is Nc1cc(C(=O)O)cnc1NCC1CCSCC1. The van der Waals surface area contributed by atoms with Crippen molar-refractivity contribution < 1.29 is 9.90 Å². The van der Waals surface area contributed by atoms with E-state index in [1.54, 1.807) is 0 Å². The predicted molar refractivity (Wildman–Crippen MR) is 74.1 cm³/mol. The summed E-state index contributed by atoms with van der Waals surface area (Å²) in [5.41, 5.74) is 6.29. The van der Waals surface area contributed by atoms with Gasteiger partial charge in [0.1, 0.15) is 5.82 Å². The number of hydrogen-bond donors (Lipinski definition) is 3. The van der Waals surface area contributed by atoms with Crippen molar-refractivity contribution in [2.45, 2.75) is 12.8 Å². The van der Waals surface area contributed by atoms with E-state index in [1.807, 2.05) is 11.8 Å². The van der Waals surface area contributed by atoms with Crippen LogP contribution in [0.5, 0.6) is 0 Å². The second-order valence-electron chi connectivity index (χ2n) is 4.40. The standard InChI is InChI=1S/C12H17N3O2S/c13-10-5-9(12(16)17)7-15-11(10)14-6-8-1-3-18-4-2-8/h5,7-8H,1-4,6,13H2,(H,14,15)(H,16,17). The Morgan fingerprint density at radius 1 is 1.56 bits per heavy atom. The molecular weight excluding hydrogens is 250 g/mol. The van der Waals surface area contributed by atoms with Crippen molar-refractivity contribution in [3.63, 3.8) is 0 Å². The smallest absolute Gasteiger partial charge is 0.337 e. The number of nitrogen functional groups attached to an aromatic ring is 1. The second-order valence-corrected chi connectivity index (χ2v) is 5.63. The number of nitrogens with two attached hydrogens (primary N) is 1. The number of thioether (sulfide) groups is 1. The number of carboxylic acid groups (broad SMARTS) is 1. The van der Waals surface area contributed by atoms with Gasteiger partial charge in [0.15, 0.2) is 0 Å². The fraction of sp³-hybridized carbons (Fsp3) is 0.500. The number of carboxylic acids is 1. The molecule has 0 saturated carbocycles. The number of aromatic nitrogens is 1. The van der Waals surface area contributed by atoms with Gasteiger partial charge in [-0.2, -0.15) is 11.8 Å². The average Bonchev–Trinajstić information content (AvgIpc) is 2.38. The zero-order chi connectivity index (χ0) is 13.0. The molecule has 0 spiro atoms. The minimum absolute atomic E-state index is 0.118. The lowest BCUT2D eigenvalue weighted by atomic mass is 10.0. The van der Waals surface area contributed by atoms with Gasteiger partial charge in [-0.25, -0.2) is 9.78 Å². The molecule has 2 rings (SSSR count). The van der Waals surface area contributed by atoms with Crippen LogP contribution in [0.1, 0.15) is 23.2 Å². The number of rotatable bonds is 4. The quantitative estimate of drug-likeness (QED) is 0.772. The molecule has 0 aliphatic carbocycles. The van der Waals surface area contributed by atoms with E-state index >= 15 is 0 Å². The second kappa shape index (κ2) is 5.95. The van der Waals surface area contributed by atoms with Crippen LogP contribution < -0.4 is 11.1 Å². The first-order valence-corrected chi connectivity index (χ1v) is 7.12. The van der Waals surface area contributed by atoms with E-state index in [-0.39, 0.29) is 5.56 Å². The van der Waals surface area contributed by atoms with E-state index in [0.29, 0.717) is 17.4 Å². The molecule has 4 N–H and O–H groups in total. The summed E-state index contributed by atoms with van der Waals surface area (Å²) in [6, 6.07) is 1.44. The molecule has 0 unspecified atom stereocenters. The predicted octanol–water partition coefficient (Wildman–Crippen LogP) is 1.92. The summed E-state index contributed by atoms with van der Waals surface area (Å²) in [5, 5.41) is 12.0. The third-order valence-electron chi connectivity index (χ3n) is 3.06. The Morgan fingerprint density at radius 3 is 2.89 bits per heavy atom. The van der Waals surface area contributed by atoms with Crippen LogP contribution >= 0.6 is 11.8 Å². The molecule has 98 valence electrons. The first kappa shape index (κ1) is 13.0. The molecule has 1 aromatic rings. The van der Waals surface area contributed by atoms with Gasteiger partial charge in [0.05, 0.1) is 11.3 Å². The lowest BCUT2D eigenvalue weighted by molar-refractivity contribution is 0.0696. The van der Waals surface area contributed by atoms with Crippen LogP contribution in [0.25, 0.3) is 0 Å². The van der Waals surface area contributed by atoms with Gasteiger partial charge in [0.2, 0.25) is 0 Å². The third kappa shape index (κ3) is 3.29. The molecule has 1 saturated heterocycles. The number of nitrogens with one attached hydrogen (secondary N) is 1. The van der Waals surface area contributed by atoms with Crippen LogP contribution in [0.2, 0.25) is 0 Å². The van der Waals surface area contributed by atoms with Crippen molar-refractivity contribution >= 4 is 29.2 Å². The number of nitrogens with zero attached hydrogens (tertiary/aromatic N) is 1. The Balaban J connectivity index is 1.94. The van der Waals surface area contributed by atoms with Gasteiger partial charge in [-0.15, -0.1) is 0 Å². The van der Waals surface area contributed by atoms with Crippen LogP contribution in [0.4, 0.5) is 11.5 Å². The fourth-order valence-electron chi connectivity index (χ4n) is 1.94. The molecule has 1 aliphatic heterocycles. The molecule has 6 heteroatoms. The van der Waals surface area contributed by atoms with Crippen LogP contribution in [0.15, 0.2) is 12.3 Å². The summed E-state index contributed by atoms with van der Waals surface area (Å²) in [6.45, 7) is 0.851. The summed E-state index contributed by atoms with van der Waals surface area (Å²) in [4.78, 5) is 14.8. The van der Waals surface area contributed by atoms with Crippen molar-refractivity contribution in [3.8, 4) is 0 Å². The van der Waals surface area contributed by atoms with Crippen LogP contribution in [-0.2, 0) is 0 Å². The van der Waals surface area contributed by atoms with E-state index in [9.17, 15) is 4.79 Å². The molecule has 0 bridgehead atoms. The third-order valence-corrected chi connectivity index (χ3v) is 4.11. The molecule has 0 aromatic carbocycles. The maximum absolute atomic E-state index is 10.8. The zero-order valence-electron chi connectivity index (χ0n) is 10.1. The highest BCUT2D eigenvalue weighted by Crippen LogP contribution is 2.24. The van der Waals surface area contributed by atoms with Crippen LogP contribution in [-0.4, -0.2) is 34.1 Å². The molecule has 1 aromatic heterocycles. The Morgan fingerprint density at radius 2 is 2.28 bits per heavy atom. The minimum Gasteiger partial charge on any atom is -0.478 e. The number of hydrogen-bond acceptors (Lipinski definition) is 5. The number of carbonyl (C=O) groups is 1. The highest BCUT2D eigenvalue weighted by Gasteiger charge is 2.14. The molecule has 1 fully saturated rings. The summed E-state index contributed by atoms with van der Waals surface area (Å²) in [6.07, 6.45) is 3.76. The van der Waals surface area contributed by atoms with Crippen molar-refractivity contribution in [1.29, 1.82) is 0 Å². The molecule has 18 heavy (non-hydrogen) atoms. The average molecular weight is 267 g/mol. The van der Waals surface area contributed by atoms with Crippen molar-refractivity contribution in [2.75, 3.05) is 29.1 Å². The van der Waals surface area contributed by atoms with Gasteiger partial charge in [-0.1, -0.05) is 0 Å². The summed E-state index contributed by atoms with van der Waals surface area (Å²) < 4.78 is 0. The van der Waals surface area contributed by atoms with Crippen molar-refractivity contribution in [1.82, 2.24) is 4.98 Å². The van der Waals surface area contributed by atoms with E-state index in [2.05, 4.69) is 10.3 Å². The van der Waals surface area contributed by atoms with Gasteiger partial charge < -0.3 is 16.2 Å². The molecular formula is C12H17N3O2S. The topological polar surface area (TPSA) is 88.2 Å².